The maximum absolute atomic E-state index is 12.5. The molecule has 1 aliphatic rings. The molecule has 7 nitrogen and oxygen atoms in total. The third-order valence-electron chi connectivity index (χ3n) is 5.03. The Morgan fingerprint density at radius 1 is 1.15 bits per heavy atom. The number of benzene rings is 2. The molecule has 1 aliphatic heterocycles. The highest BCUT2D eigenvalue weighted by molar-refractivity contribution is 5.95. The summed E-state index contributed by atoms with van der Waals surface area (Å²) in [5, 5.41) is 16.8. The summed E-state index contributed by atoms with van der Waals surface area (Å²) < 4.78 is 0. The maximum atomic E-state index is 12.5. The lowest BCUT2D eigenvalue weighted by atomic mass is 10.1. The van der Waals surface area contributed by atoms with Crippen LogP contribution in [0.5, 0.6) is 0 Å². The van der Waals surface area contributed by atoms with Gasteiger partial charge in [0.25, 0.3) is 11.6 Å². The lowest BCUT2D eigenvalue weighted by molar-refractivity contribution is -0.901. The highest BCUT2D eigenvalue weighted by atomic mass is 16.6. The third kappa shape index (κ3) is 4.62. The van der Waals surface area contributed by atoms with Gasteiger partial charge in [0.15, 0.2) is 0 Å². The van der Waals surface area contributed by atoms with E-state index in [0.29, 0.717) is 12.2 Å². The second kappa shape index (κ2) is 8.64. The average molecular weight is 369 g/mol. The molecule has 0 radical (unpaired) electrons. The topological polar surface area (TPSA) is 88.7 Å². The zero-order valence-electron chi connectivity index (χ0n) is 15.5. The molecule has 27 heavy (non-hydrogen) atoms. The molecule has 1 fully saturated rings. The van der Waals surface area contributed by atoms with Gasteiger partial charge in [0, 0.05) is 43.6 Å². The number of hydrogen-bond acceptors (Lipinski definition) is 4. The molecule has 0 aromatic heterocycles. The molecule has 0 spiro atoms. The van der Waals surface area contributed by atoms with Crippen molar-refractivity contribution >= 4 is 17.3 Å². The van der Waals surface area contributed by atoms with Gasteiger partial charge in [-0.05, 0) is 17.7 Å². The van der Waals surface area contributed by atoms with E-state index < -0.39 is 4.92 Å². The number of amides is 1. The van der Waals surface area contributed by atoms with Crippen molar-refractivity contribution in [2.45, 2.75) is 25.9 Å². The fourth-order valence-corrected chi connectivity index (χ4v) is 3.54. The Bertz CT molecular complexity index is 832. The number of nitro benzene ring substituents is 1. The fraction of sp³-hybridized carbons (Fsp3) is 0.350. The minimum Gasteiger partial charge on any atom is -0.383 e. The van der Waals surface area contributed by atoms with Gasteiger partial charge in [-0.3, -0.25) is 14.9 Å². The predicted octanol–water partition coefficient (Wildman–Crippen LogP) is 1.75. The highest BCUT2D eigenvalue weighted by Gasteiger charge is 2.19. The monoisotopic (exact) mass is 369 g/mol. The summed E-state index contributed by atoms with van der Waals surface area (Å²) in [4.78, 5) is 24.8. The summed E-state index contributed by atoms with van der Waals surface area (Å²) in [7, 11) is 1.61. The summed E-state index contributed by atoms with van der Waals surface area (Å²) in [6, 6.07) is 12.6. The van der Waals surface area contributed by atoms with E-state index in [-0.39, 0.29) is 17.2 Å². The first kappa shape index (κ1) is 18.8. The lowest BCUT2D eigenvalue weighted by Gasteiger charge is -2.15. The van der Waals surface area contributed by atoms with E-state index in [1.54, 1.807) is 24.1 Å². The minimum atomic E-state index is -0.489. The van der Waals surface area contributed by atoms with Crippen LogP contribution >= 0.6 is 0 Å². The van der Waals surface area contributed by atoms with E-state index in [2.05, 4.69) is 16.7 Å². The van der Waals surface area contributed by atoms with Crippen molar-refractivity contribution in [3.8, 4) is 0 Å². The molecule has 3 rings (SSSR count). The number of nitrogens with one attached hydrogen (secondary N) is 3. The smallest absolute Gasteiger partial charge is 0.293 e. The van der Waals surface area contributed by atoms with Crippen molar-refractivity contribution in [3.05, 3.63) is 69.3 Å². The zero-order valence-corrected chi connectivity index (χ0v) is 15.5. The SMILES string of the molecule is CNc1ccc(C(=O)NCc2ccccc2C[NH+]2CCCC2)cc1[N+](=O)[O-]. The van der Waals surface area contributed by atoms with Crippen LogP contribution in [-0.2, 0) is 13.1 Å². The lowest BCUT2D eigenvalue weighted by Crippen LogP contribution is -3.08. The number of rotatable bonds is 7. The first-order valence-electron chi connectivity index (χ1n) is 9.23. The standard InChI is InChI=1S/C20H24N4O3/c1-21-18-9-8-15(12-19(18)24(26)27)20(25)22-13-16-6-2-3-7-17(16)14-23-10-4-5-11-23/h2-3,6-9,12,21H,4-5,10-11,13-14H2,1H3,(H,22,25)/p+1. The Morgan fingerprint density at radius 2 is 1.85 bits per heavy atom. The van der Waals surface area contributed by atoms with Crippen molar-refractivity contribution in [3.63, 3.8) is 0 Å². The zero-order chi connectivity index (χ0) is 19.2. The quantitative estimate of drug-likeness (QED) is 0.512. The van der Waals surface area contributed by atoms with Crippen molar-refractivity contribution in [1.29, 1.82) is 0 Å². The molecule has 1 heterocycles. The average Bonchev–Trinajstić information content (AvgIpc) is 3.19. The molecule has 1 amide bonds. The summed E-state index contributed by atoms with van der Waals surface area (Å²) in [5.41, 5.74) is 2.89. The Hall–Kier alpha value is -2.93. The van der Waals surface area contributed by atoms with Crippen LogP contribution < -0.4 is 15.5 Å². The highest BCUT2D eigenvalue weighted by Crippen LogP contribution is 2.25. The Balaban J connectivity index is 1.69. The number of carbonyl (C=O) groups excluding carboxylic acids is 1. The molecule has 0 unspecified atom stereocenters. The number of carbonyl (C=O) groups is 1. The van der Waals surface area contributed by atoms with E-state index in [4.69, 9.17) is 0 Å². The number of nitro groups is 1. The van der Waals surface area contributed by atoms with Crippen LogP contribution in [0.2, 0.25) is 0 Å². The van der Waals surface area contributed by atoms with Crippen molar-refractivity contribution < 1.29 is 14.6 Å². The van der Waals surface area contributed by atoms with Gasteiger partial charge in [-0.2, -0.15) is 0 Å². The molecule has 0 aliphatic carbocycles. The first-order valence-corrected chi connectivity index (χ1v) is 9.23. The molecule has 2 aromatic carbocycles. The van der Waals surface area contributed by atoms with E-state index in [9.17, 15) is 14.9 Å². The molecule has 2 aromatic rings. The van der Waals surface area contributed by atoms with Crippen LogP contribution in [0.3, 0.4) is 0 Å². The second-order valence-corrected chi connectivity index (χ2v) is 6.82. The van der Waals surface area contributed by atoms with Crippen molar-refractivity contribution in [2.24, 2.45) is 0 Å². The number of hydrogen-bond donors (Lipinski definition) is 3. The van der Waals surface area contributed by atoms with Crippen LogP contribution in [0, 0.1) is 10.1 Å². The van der Waals surface area contributed by atoms with Crippen LogP contribution in [0.4, 0.5) is 11.4 Å². The predicted molar refractivity (Wildman–Crippen MR) is 104 cm³/mol. The van der Waals surface area contributed by atoms with E-state index in [0.717, 1.165) is 12.1 Å². The third-order valence-corrected chi connectivity index (χ3v) is 5.03. The second-order valence-electron chi connectivity index (χ2n) is 6.82. The van der Waals surface area contributed by atoms with Crippen LogP contribution in [-0.4, -0.2) is 31.0 Å². The van der Waals surface area contributed by atoms with Gasteiger partial charge in [0.05, 0.1) is 18.0 Å². The summed E-state index contributed by atoms with van der Waals surface area (Å²) in [6.45, 7) is 3.77. The molecule has 142 valence electrons. The van der Waals surface area contributed by atoms with E-state index >= 15 is 0 Å². The minimum absolute atomic E-state index is 0.108. The van der Waals surface area contributed by atoms with Crippen molar-refractivity contribution in [2.75, 3.05) is 25.5 Å². The summed E-state index contributed by atoms with van der Waals surface area (Å²) in [6.07, 6.45) is 2.55. The van der Waals surface area contributed by atoms with Gasteiger partial charge in [-0.1, -0.05) is 24.3 Å². The van der Waals surface area contributed by atoms with Gasteiger partial charge < -0.3 is 15.5 Å². The Labute approximate surface area is 158 Å². The summed E-state index contributed by atoms with van der Waals surface area (Å²) in [5.74, 6) is -0.316. The maximum Gasteiger partial charge on any atom is 0.293 e. The number of likely N-dealkylation sites (tertiary alicyclic amines) is 1. The fourth-order valence-electron chi connectivity index (χ4n) is 3.54. The normalized spacial score (nSPS) is 14.1. The van der Waals surface area contributed by atoms with Crippen molar-refractivity contribution in [1.82, 2.24) is 5.32 Å². The van der Waals surface area contributed by atoms with Crippen LogP contribution in [0.1, 0.15) is 34.3 Å². The van der Waals surface area contributed by atoms with E-state index in [1.165, 1.54) is 37.6 Å². The molecular weight excluding hydrogens is 344 g/mol. The van der Waals surface area contributed by atoms with Crippen LogP contribution in [0.15, 0.2) is 42.5 Å². The largest absolute Gasteiger partial charge is 0.383 e. The van der Waals surface area contributed by atoms with Gasteiger partial charge in [-0.15, -0.1) is 0 Å². The van der Waals surface area contributed by atoms with Crippen LogP contribution in [0.25, 0.3) is 0 Å². The first-order chi connectivity index (χ1) is 13.1. The Morgan fingerprint density at radius 3 is 2.52 bits per heavy atom. The number of quaternary nitrogens is 1. The number of nitrogens with zero attached hydrogens (tertiary/aromatic N) is 1. The van der Waals surface area contributed by atoms with E-state index in [1.807, 2.05) is 18.2 Å². The summed E-state index contributed by atoms with van der Waals surface area (Å²) >= 11 is 0. The van der Waals surface area contributed by atoms with Gasteiger partial charge in [0.1, 0.15) is 12.2 Å². The molecule has 0 saturated carbocycles. The van der Waals surface area contributed by atoms with Gasteiger partial charge in [-0.25, -0.2) is 0 Å². The molecular formula is C20H25N4O3+. The number of anilines is 1. The molecule has 1 saturated heterocycles. The van der Waals surface area contributed by atoms with Gasteiger partial charge >= 0.3 is 0 Å². The molecule has 7 heteroatoms. The molecule has 0 bridgehead atoms. The molecule has 3 N–H and O–H groups in total. The Kier molecular flexibility index (Phi) is 6.03. The van der Waals surface area contributed by atoms with Gasteiger partial charge in [0.2, 0.25) is 0 Å². The molecule has 0 atom stereocenters.